The van der Waals surface area contributed by atoms with Gasteiger partial charge in [-0.1, -0.05) is 22.9 Å². The minimum atomic E-state index is 0.0119. The van der Waals surface area contributed by atoms with Crippen molar-refractivity contribution < 1.29 is 0 Å². The molecule has 0 fully saturated rings. The highest BCUT2D eigenvalue weighted by atomic mass is 79.9. The molecule has 1 aromatic heterocycles. The van der Waals surface area contributed by atoms with Gasteiger partial charge in [0.1, 0.15) is 0 Å². The van der Waals surface area contributed by atoms with E-state index in [-0.39, 0.29) is 5.56 Å². The molecule has 0 radical (unpaired) electrons. The summed E-state index contributed by atoms with van der Waals surface area (Å²) < 4.78 is 1.62. The van der Waals surface area contributed by atoms with Gasteiger partial charge in [0.25, 0.3) is 5.56 Å². The van der Waals surface area contributed by atoms with Gasteiger partial charge in [0.05, 0.1) is 6.33 Å². The van der Waals surface area contributed by atoms with Crippen molar-refractivity contribution in [1.29, 1.82) is 0 Å². The number of alkyl halides is 1. The van der Waals surface area contributed by atoms with Gasteiger partial charge in [-0.3, -0.25) is 9.36 Å². The number of hydrogen-bond donors (Lipinski definition) is 0. The molecule has 1 rings (SSSR count). The third-order valence-electron chi connectivity index (χ3n) is 1.56. The van der Waals surface area contributed by atoms with E-state index < -0.39 is 0 Å². The first-order chi connectivity index (χ1) is 5.74. The Hall–Kier alpha value is -0.640. The molecule has 0 amide bonds. The number of hydrogen-bond acceptors (Lipinski definition) is 2. The molecular weight excluding hydrogens is 220 g/mol. The minimum Gasteiger partial charge on any atom is -0.299 e. The lowest BCUT2D eigenvalue weighted by Crippen LogP contribution is -2.22. The van der Waals surface area contributed by atoms with Crippen LogP contribution in [0.3, 0.4) is 0 Å². The van der Waals surface area contributed by atoms with E-state index in [1.165, 1.54) is 12.3 Å². The van der Waals surface area contributed by atoms with E-state index in [4.69, 9.17) is 0 Å². The summed E-state index contributed by atoms with van der Waals surface area (Å²) in [5.74, 6) is 0.451. The fraction of sp³-hybridized carbons (Fsp3) is 0.500. The first kappa shape index (κ1) is 9.45. The van der Waals surface area contributed by atoms with Gasteiger partial charge in [-0.2, -0.15) is 0 Å². The van der Waals surface area contributed by atoms with Crippen molar-refractivity contribution in [2.75, 3.05) is 5.33 Å². The van der Waals surface area contributed by atoms with Crippen LogP contribution in [0.5, 0.6) is 0 Å². The smallest absolute Gasteiger partial charge is 0.253 e. The van der Waals surface area contributed by atoms with Crippen molar-refractivity contribution in [2.45, 2.75) is 13.5 Å². The lowest BCUT2D eigenvalue weighted by molar-refractivity contribution is 0.514. The molecule has 1 atom stereocenters. The molecule has 3 nitrogen and oxygen atoms in total. The largest absolute Gasteiger partial charge is 0.299 e. The fourth-order valence-corrected chi connectivity index (χ4v) is 1.10. The van der Waals surface area contributed by atoms with Crippen LogP contribution < -0.4 is 5.56 Å². The van der Waals surface area contributed by atoms with Gasteiger partial charge >= 0.3 is 0 Å². The number of nitrogens with zero attached hydrogens (tertiary/aromatic N) is 2. The SMILES string of the molecule is CC(CBr)Cn1cnccc1=O. The van der Waals surface area contributed by atoms with Gasteiger partial charge in [0.2, 0.25) is 0 Å². The molecule has 0 bridgehead atoms. The van der Waals surface area contributed by atoms with Crippen LogP contribution in [0.2, 0.25) is 0 Å². The Morgan fingerprint density at radius 3 is 3.08 bits per heavy atom. The monoisotopic (exact) mass is 230 g/mol. The predicted octanol–water partition coefficient (Wildman–Crippen LogP) is 1.27. The molecule has 1 unspecified atom stereocenters. The predicted molar refractivity (Wildman–Crippen MR) is 51.5 cm³/mol. The number of halogens is 1. The van der Waals surface area contributed by atoms with Crippen LogP contribution in [0, 0.1) is 5.92 Å². The molecule has 4 heteroatoms. The Bertz CT molecular complexity index is 297. The van der Waals surface area contributed by atoms with Crippen molar-refractivity contribution in [3.05, 3.63) is 28.9 Å². The normalized spacial score (nSPS) is 12.8. The van der Waals surface area contributed by atoms with E-state index in [1.807, 2.05) is 0 Å². The molecule has 1 heterocycles. The summed E-state index contributed by atoms with van der Waals surface area (Å²) in [6.45, 7) is 2.80. The molecule has 0 saturated carbocycles. The van der Waals surface area contributed by atoms with Crippen LogP contribution in [0.1, 0.15) is 6.92 Å². The second-order valence-corrected chi connectivity index (χ2v) is 3.48. The maximum Gasteiger partial charge on any atom is 0.253 e. The van der Waals surface area contributed by atoms with Crippen LogP contribution in [-0.2, 0) is 6.54 Å². The summed E-state index contributed by atoms with van der Waals surface area (Å²) in [5.41, 5.74) is 0.0119. The van der Waals surface area contributed by atoms with Crippen LogP contribution in [0.15, 0.2) is 23.4 Å². The van der Waals surface area contributed by atoms with Crippen LogP contribution in [-0.4, -0.2) is 14.9 Å². The molecule has 0 saturated heterocycles. The van der Waals surface area contributed by atoms with Gasteiger partial charge < -0.3 is 0 Å². The van der Waals surface area contributed by atoms with Gasteiger partial charge in [0.15, 0.2) is 0 Å². The van der Waals surface area contributed by atoms with E-state index in [0.29, 0.717) is 5.92 Å². The van der Waals surface area contributed by atoms with E-state index in [1.54, 1.807) is 10.9 Å². The molecule has 1 aromatic rings. The topological polar surface area (TPSA) is 34.9 Å². The van der Waals surface area contributed by atoms with Crippen molar-refractivity contribution in [3.8, 4) is 0 Å². The van der Waals surface area contributed by atoms with Crippen molar-refractivity contribution in [1.82, 2.24) is 9.55 Å². The summed E-state index contributed by atoms with van der Waals surface area (Å²) in [7, 11) is 0. The average Bonchev–Trinajstić information content (AvgIpc) is 2.09. The third-order valence-corrected chi connectivity index (χ3v) is 2.67. The Kier molecular flexibility index (Phi) is 3.47. The fourth-order valence-electron chi connectivity index (χ4n) is 0.900. The minimum absolute atomic E-state index is 0.0119. The van der Waals surface area contributed by atoms with E-state index in [0.717, 1.165) is 11.9 Å². The lowest BCUT2D eigenvalue weighted by Gasteiger charge is -2.08. The average molecular weight is 231 g/mol. The quantitative estimate of drug-likeness (QED) is 0.734. The van der Waals surface area contributed by atoms with Crippen molar-refractivity contribution >= 4 is 15.9 Å². The second-order valence-electron chi connectivity index (χ2n) is 2.83. The molecule has 0 aromatic carbocycles. The molecule has 66 valence electrons. The second kappa shape index (κ2) is 4.40. The van der Waals surface area contributed by atoms with Gasteiger partial charge in [-0.15, -0.1) is 0 Å². The first-order valence-corrected chi connectivity index (χ1v) is 4.92. The zero-order valence-corrected chi connectivity index (χ0v) is 8.49. The van der Waals surface area contributed by atoms with Gasteiger partial charge in [-0.05, 0) is 5.92 Å². The molecule has 0 aliphatic rings. The van der Waals surface area contributed by atoms with Crippen LogP contribution >= 0.6 is 15.9 Å². The molecular formula is C8H11BrN2O. The molecule has 0 spiro atoms. The van der Waals surface area contributed by atoms with E-state index in [9.17, 15) is 4.79 Å². The highest BCUT2D eigenvalue weighted by Gasteiger charge is 2.01. The lowest BCUT2D eigenvalue weighted by atomic mass is 10.2. The van der Waals surface area contributed by atoms with Gasteiger partial charge in [-0.25, -0.2) is 4.98 Å². The summed E-state index contributed by atoms with van der Waals surface area (Å²) in [5, 5.41) is 0.897. The Labute approximate surface area is 79.6 Å². The van der Waals surface area contributed by atoms with E-state index >= 15 is 0 Å². The molecule has 0 aliphatic heterocycles. The van der Waals surface area contributed by atoms with Crippen LogP contribution in [0.25, 0.3) is 0 Å². The highest BCUT2D eigenvalue weighted by Crippen LogP contribution is 2.01. The summed E-state index contributed by atoms with van der Waals surface area (Å²) in [6.07, 6.45) is 3.08. The number of aromatic nitrogens is 2. The molecule has 0 aliphatic carbocycles. The zero-order valence-electron chi connectivity index (χ0n) is 6.90. The van der Waals surface area contributed by atoms with Crippen molar-refractivity contribution in [2.24, 2.45) is 5.92 Å². The van der Waals surface area contributed by atoms with Crippen LogP contribution in [0.4, 0.5) is 0 Å². The summed E-state index contributed by atoms with van der Waals surface area (Å²) >= 11 is 3.36. The highest BCUT2D eigenvalue weighted by molar-refractivity contribution is 9.09. The maximum atomic E-state index is 11.2. The number of rotatable bonds is 3. The first-order valence-electron chi connectivity index (χ1n) is 3.80. The zero-order chi connectivity index (χ0) is 8.97. The standard InChI is InChI=1S/C8H11BrN2O/c1-7(4-9)5-11-6-10-3-2-8(11)12/h2-3,6-7H,4-5H2,1H3. The van der Waals surface area contributed by atoms with Gasteiger partial charge in [0, 0.05) is 24.1 Å². The third kappa shape index (κ3) is 2.44. The maximum absolute atomic E-state index is 11.2. The summed E-state index contributed by atoms with van der Waals surface area (Å²) in [6, 6.07) is 1.47. The van der Waals surface area contributed by atoms with Crippen molar-refractivity contribution in [3.63, 3.8) is 0 Å². The molecule has 0 N–H and O–H groups in total. The Balaban J connectivity index is 2.76. The Morgan fingerprint density at radius 2 is 2.50 bits per heavy atom. The summed E-state index contributed by atoms with van der Waals surface area (Å²) in [4.78, 5) is 15.1. The van der Waals surface area contributed by atoms with E-state index in [2.05, 4.69) is 27.8 Å². The molecule has 12 heavy (non-hydrogen) atoms. The Morgan fingerprint density at radius 1 is 1.75 bits per heavy atom.